The lowest BCUT2D eigenvalue weighted by Gasteiger charge is -1.94. The average Bonchev–Trinajstić information content (AvgIpc) is 2.07. The third-order valence-corrected chi connectivity index (χ3v) is 2.21. The molecule has 1 aromatic rings. The van der Waals surface area contributed by atoms with Gasteiger partial charge in [0.05, 0.1) is 5.56 Å². The van der Waals surface area contributed by atoms with Crippen LogP contribution >= 0.6 is 15.9 Å². The van der Waals surface area contributed by atoms with Crippen molar-refractivity contribution in [2.24, 2.45) is 0 Å². The summed E-state index contributed by atoms with van der Waals surface area (Å²) < 4.78 is 40.0. The summed E-state index contributed by atoms with van der Waals surface area (Å²) in [4.78, 5) is 3.10. The van der Waals surface area contributed by atoms with Crippen LogP contribution in [0.15, 0.2) is 22.7 Å². The van der Waals surface area contributed by atoms with Crippen molar-refractivity contribution >= 4 is 28.9 Å². The summed E-state index contributed by atoms with van der Waals surface area (Å²) in [6.45, 7) is 1.89. The largest absolute Gasteiger partial charge is 1.00 e. The van der Waals surface area contributed by atoms with E-state index in [2.05, 4.69) is 20.9 Å². The first-order chi connectivity index (χ1) is 6.75. The van der Waals surface area contributed by atoms with E-state index in [-0.39, 0.29) is 1.43 Å². The van der Waals surface area contributed by atoms with Gasteiger partial charge in [0.2, 0.25) is 5.39 Å². The first-order valence-electron chi connectivity index (χ1n) is 3.73. The Balaban J connectivity index is 0. The Labute approximate surface area is 93.6 Å². The fourth-order valence-corrected chi connectivity index (χ4v) is 1.06. The maximum atomic E-state index is 9.75. The predicted octanol–water partition coefficient (Wildman–Crippen LogP) is 4.65. The second kappa shape index (κ2) is 5.71. The van der Waals surface area contributed by atoms with Crippen LogP contribution in [0.5, 0.6) is 0 Å². The Hall–Kier alpha value is -1.10. The summed E-state index contributed by atoms with van der Waals surface area (Å²) in [6, 6.07) is 5.48. The van der Waals surface area contributed by atoms with E-state index in [0.29, 0.717) is 5.69 Å². The smallest absolute Gasteiger partial charge is 0.418 e. The Bertz CT molecular complexity index is 374. The molecule has 0 radical (unpaired) electrons. The fraction of sp³-hybridized carbons (Fsp3) is 0.143. The van der Waals surface area contributed by atoms with Crippen molar-refractivity contribution in [3.05, 3.63) is 33.2 Å². The predicted molar refractivity (Wildman–Crippen MR) is 54.9 cm³/mol. The zero-order valence-electron chi connectivity index (χ0n) is 8.59. The van der Waals surface area contributed by atoms with E-state index >= 15 is 0 Å². The standard InChI is InChI=1S/C7H6BrN2.BF4/c1-5-6(8)3-2-4-7(5)10-9;2-1(3,4)5/h2-4H,1H3;/q+1;-1/p+1. The van der Waals surface area contributed by atoms with Gasteiger partial charge in [0, 0.05) is 10.5 Å². The maximum Gasteiger partial charge on any atom is 1.00 e. The lowest BCUT2D eigenvalue weighted by molar-refractivity contribution is 0.368. The number of halogens is 5. The van der Waals surface area contributed by atoms with E-state index in [9.17, 15) is 17.3 Å². The van der Waals surface area contributed by atoms with Gasteiger partial charge in [-0.2, -0.15) is 0 Å². The van der Waals surface area contributed by atoms with Crippen LogP contribution in [0.3, 0.4) is 0 Å². The van der Waals surface area contributed by atoms with Crippen molar-refractivity contribution in [3.63, 3.8) is 0 Å². The minimum Gasteiger partial charge on any atom is -0.418 e. The van der Waals surface area contributed by atoms with Gasteiger partial charge in [0.25, 0.3) is 0 Å². The Morgan fingerprint density at radius 2 is 1.80 bits per heavy atom. The molecule has 0 saturated heterocycles. The Morgan fingerprint density at radius 3 is 2.13 bits per heavy atom. The molecule has 0 aliphatic rings. The molecule has 0 amide bonds. The first-order valence-corrected chi connectivity index (χ1v) is 4.52. The highest BCUT2D eigenvalue weighted by Gasteiger charge is 2.20. The number of hydrogen-bond donors (Lipinski definition) is 0. The van der Waals surface area contributed by atoms with Gasteiger partial charge < -0.3 is 17.3 Å². The molecule has 0 bridgehead atoms. The van der Waals surface area contributed by atoms with Crippen LogP contribution < -0.4 is 0 Å². The SMILES string of the molecule is Cc1c(Br)cccc1[N+]#N.F[B-](F)(F)F.[H+]. The number of hydrogen-bond acceptors (Lipinski definition) is 1. The van der Waals surface area contributed by atoms with Crippen molar-refractivity contribution < 1.29 is 18.7 Å². The van der Waals surface area contributed by atoms with Crippen LogP contribution in [0.25, 0.3) is 4.98 Å². The van der Waals surface area contributed by atoms with E-state index in [1.165, 1.54) is 0 Å². The average molecular weight is 286 g/mol. The summed E-state index contributed by atoms with van der Waals surface area (Å²) >= 11 is 3.32. The monoisotopic (exact) mass is 285 g/mol. The van der Waals surface area contributed by atoms with Crippen LogP contribution in [0.4, 0.5) is 23.0 Å². The van der Waals surface area contributed by atoms with Crippen molar-refractivity contribution in [1.29, 1.82) is 5.39 Å². The van der Waals surface area contributed by atoms with Crippen molar-refractivity contribution in [1.82, 2.24) is 0 Å². The van der Waals surface area contributed by atoms with Gasteiger partial charge in [0.1, 0.15) is 0 Å². The molecule has 2 nitrogen and oxygen atoms in total. The van der Waals surface area contributed by atoms with E-state index in [4.69, 9.17) is 5.39 Å². The molecule has 0 aromatic heterocycles. The highest BCUT2D eigenvalue weighted by molar-refractivity contribution is 9.10. The molecule has 0 aliphatic carbocycles. The van der Waals surface area contributed by atoms with Crippen molar-refractivity contribution in [3.8, 4) is 0 Å². The molecule has 0 heterocycles. The molecule has 0 N–H and O–H groups in total. The van der Waals surface area contributed by atoms with Gasteiger partial charge in [0.15, 0.2) is 4.98 Å². The number of rotatable bonds is 0. The van der Waals surface area contributed by atoms with Crippen LogP contribution in [0, 0.1) is 12.3 Å². The fourth-order valence-electron chi connectivity index (χ4n) is 0.704. The minimum atomic E-state index is -6.00. The number of diazo groups is 1. The normalized spacial score (nSPS) is 9.93. The second-order valence-electron chi connectivity index (χ2n) is 2.48. The molecule has 0 spiro atoms. The Morgan fingerprint density at radius 1 is 1.33 bits per heavy atom. The van der Waals surface area contributed by atoms with Gasteiger partial charge in [-0.05, 0) is 13.0 Å². The molecule has 0 unspecified atom stereocenters. The number of nitrogens with zero attached hydrogens (tertiary/aromatic N) is 2. The van der Waals surface area contributed by atoms with E-state index < -0.39 is 7.25 Å². The van der Waals surface area contributed by atoms with Crippen LogP contribution in [-0.4, -0.2) is 7.25 Å². The minimum absolute atomic E-state index is 0. The topological polar surface area (TPSA) is 28.1 Å². The molecule has 8 heteroatoms. The molecular weight excluding hydrogens is 279 g/mol. The van der Waals surface area contributed by atoms with Gasteiger partial charge in [-0.15, -0.1) is 0 Å². The van der Waals surface area contributed by atoms with E-state index in [1.807, 2.05) is 19.1 Å². The van der Waals surface area contributed by atoms with Crippen molar-refractivity contribution in [2.75, 3.05) is 0 Å². The summed E-state index contributed by atoms with van der Waals surface area (Å²) in [5.41, 5.74) is 1.55. The molecule has 0 saturated carbocycles. The van der Waals surface area contributed by atoms with E-state index in [0.717, 1.165) is 10.0 Å². The molecular formula is C7H7BBrF4N2+. The zero-order valence-corrected chi connectivity index (χ0v) is 9.18. The summed E-state index contributed by atoms with van der Waals surface area (Å²) in [5, 5.41) is 8.45. The number of benzene rings is 1. The van der Waals surface area contributed by atoms with E-state index in [1.54, 1.807) is 6.07 Å². The van der Waals surface area contributed by atoms with Gasteiger partial charge in [-0.1, -0.05) is 22.0 Å². The lowest BCUT2D eigenvalue weighted by Crippen LogP contribution is -2.02. The zero-order chi connectivity index (χ0) is 12.1. The van der Waals surface area contributed by atoms with Crippen LogP contribution in [-0.2, 0) is 0 Å². The van der Waals surface area contributed by atoms with Crippen LogP contribution in [0.2, 0.25) is 0 Å². The summed E-state index contributed by atoms with van der Waals surface area (Å²) in [6.07, 6.45) is 0. The summed E-state index contributed by atoms with van der Waals surface area (Å²) in [5.74, 6) is 0. The summed E-state index contributed by atoms with van der Waals surface area (Å²) in [7, 11) is -6.00. The Kier molecular flexibility index (Phi) is 5.29. The third-order valence-electron chi connectivity index (χ3n) is 1.35. The highest BCUT2D eigenvalue weighted by Crippen LogP contribution is 2.25. The van der Waals surface area contributed by atoms with Crippen LogP contribution in [0.1, 0.15) is 6.99 Å². The second-order valence-corrected chi connectivity index (χ2v) is 3.33. The quantitative estimate of drug-likeness (QED) is 0.387. The van der Waals surface area contributed by atoms with Gasteiger partial charge in [-0.25, -0.2) is 0 Å². The first kappa shape index (κ1) is 13.9. The molecule has 1 rings (SSSR count). The highest BCUT2D eigenvalue weighted by atomic mass is 79.9. The molecule has 0 fully saturated rings. The van der Waals surface area contributed by atoms with Crippen molar-refractivity contribution in [2.45, 2.75) is 6.92 Å². The van der Waals surface area contributed by atoms with Gasteiger partial charge in [-0.3, -0.25) is 0 Å². The molecule has 0 aliphatic heterocycles. The lowest BCUT2D eigenvalue weighted by atomic mass is 10.2. The molecule has 82 valence electrons. The molecule has 15 heavy (non-hydrogen) atoms. The third kappa shape index (κ3) is 6.91. The maximum absolute atomic E-state index is 9.75. The molecule has 1 aromatic carbocycles. The van der Waals surface area contributed by atoms with Gasteiger partial charge >= 0.3 is 14.4 Å². The molecule has 0 atom stereocenters.